The first-order valence-electron chi connectivity index (χ1n) is 5.18. The molecule has 4 nitrogen and oxygen atoms in total. The summed E-state index contributed by atoms with van der Waals surface area (Å²) in [6, 6.07) is 3.22. The van der Waals surface area contributed by atoms with E-state index in [4.69, 9.17) is 0 Å². The van der Waals surface area contributed by atoms with E-state index in [9.17, 15) is 9.59 Å². The number of hydrogen-bond acceptors (Lipinski definition) is 2. The predicted molar refractivity (Wildman–Crippen MR) is 66.3 cm³/mol. The molecule has 1 aromatic heterocycles. The van der Waals surface area contributed by atoms with E-state index in [2.05, 4.69) is 21.2 Å². The second-order valence-electron chi connectivity index (χ2n) is 3.69. The highest BCUT2D eigenvalue weighted by molar-refractivity contribution is 9.10. The van der Waals surface area contributed by atoms with Gasteiger partial charge in [0.25, 0.3) is 5.56 Å². The van der Waals surface area contributed by atoms with Crippen molar-refractivity contribution in [3.05, 3.63) is 33.2 Å². The van der Waals surface area contributed by atoms with Crippen molar-refractivity contribution < 1.29 is 4.79 Å². The fourth-order valence-corrected chi connectivity index (χ4v) is 1.58. The van der Waals surface area contributed by atoms with E-state index in [1.807, 2.05) is 13.8 Å². The molecular formula is C11H15BrN2O2. The first-order chi connectivity index (χ1) is 7.52. The summed E-state index contributed by atoms with van der Waals surface area (Å²) in [5.74, 6) is -0.144. The van der Waals surface area contributed by atoms with Gasteiger partial charge in [-0.2, -0.15) is 0 Å². The van der Waals surface area contributed by atoms with Crippen LogP contribution in [0, 0.1) is 0 Å². The van der Waals surface area contributed by atoms with E-state index in [0.717, 1.165) is 10.9 Å². The summed E-state index contributed by atoms with van der Waals surface area (Å²) in [5, 5.41) is 2.81. The van der Waals surface area contributed by atoms with Crippen molar-refractivity contribution >= 4 is 21.8 Å². The molecule has 0 spiro atoms. The van der Waals surface area contributed by atoms with Crippen LogP contribution in [0.5, 0.6) is 0 Å². The van der Waals surface area contributed by atoms with Crippen LogP contribution in [0.3, 0.4) is 0 Å². The quantitative estimate of drug-likeness (QED) is 0.913. The average Bonchev–Trinajstić information content (AvgIpc) is 2.23. The van der Waals surface area contributed by atoms with Crippen LogP contribution in [-0.2, 0) is 11.3 Å². The van der Waals surface area contributed by atoms with Crippen LogP contribution in [0.15, 0.2) is 27.6 Å². The topological polar surface area (TPSA) is 51.1 Å². The Kier molecular flexibility index (Phi) is 4.73. The Labute approximate surface area is 103 Å². The zero-order valence-electron chi connectivity index (χ0n) is 9.37. The van der Waals surface area contributed by atoms with Crippen LogP contribution >= 0.6 is 15.9 Å². The van der Waals surface area contributed by atoms with Gasteiger partial charge in [0, 0.05) is 22.8 Å². The number of rotatable bonds is 4. The Balaban J connectivity index is 2.69. The molecule has 16 heavy (non-hydrogen) atoms. The van der Waals surface area contributed by atoms with E-state index >= 15 is 0 Å². The van der Waals surface area contributed by atoms with Gasteiger partial charge in [0.15, 0.2) is 0 Å². The average molecular weight is 287 g/mol. The molecule has 0 bridgehead atoms. The largest absolute Gasteiger partial charge is 0.352 e. The SMILES string of the molecule is CC[C@@H](C)NC(=O)Cn1cc(Br)ccc1=O. The molecule has 1 atom stereocenters. The maximum absolute atomic E-state index is 11.6. The number of amides is 1. The number of nitrogens with zero attached hydrogens (tertiary/aromatic N) is 1. The minimum Gasteiger partial charge on any atom is -0.352 e. The van der Waals surface area contributed by atoms with Gasteiger partial charge in [-0.05, 0) is 35.3 Å². The van der Waals surface area contributed by atoms with Crippen LogP contribution in [-0.4, -0.2) is 16.5 Å². The first-order valence-corrected chi connectivity index (χ1v) is 5.97. The van der Waals surface area contributed by atoms with Gasteiger partial charge in [-0.15, -0.1) is 0 Å². The Morgan fingerprint density at radius 3 is 2.88 bits per heavy atom. The standard InChI is InChI=1S/C11H15BrN2O2/c1-3-8(2)13-10(15)7-14-6-9(12)4-5-11(14)16/h4-6,8H,3,7H2,1-2H3,(H,13,15)/t8-/m1/s1. The third kappa shape index (κ3) is 3.81. The van der Waals surface area contributed by atoms with E-state index in [0.29, 0.717) is 0 Å². The minimum atomic E-state index is -0.178. The Morgan fingerprint density at radius 1 is 1.56 bits per heavy atom. The van der Waals surface area contributed by atoms with Crippen molar-refractivity contribution in [3.63, 3.8) is 0 Å². The monoisotopic (exact) mass is 286 g/mol. The summed E-state index contributed by atoms with van der Waals surface area (Å²) in [4.78, 5) is 23.0. The van der Waals surface area contributed by atoms with E-state index in [1.54, 1.807) is 12.3 Å². The molecule has 1 rings (SSSR count). The second kappa shape index (κ2) is 5.84. The molecule has 0 unspecified atom stereocenters. The highest BCUT2D eigenvalue weighted by Gasteiger charge is 2.07. The molecule has 1 amide bonds. The van der Waals surface area contributed by atoms with Crippen molar-refractivity contribution in [2.45, 2.75) is 32.9 Å². The van der Waals surface area contributed by atoms with E-state index < -0.39 is 0 Å². The third-order valence-electron chi connectivity index (χ3n) is 2.28. The maximum Gasteiger partial charge on any atom is 0.251 e. The fourth-order valence-electron chi connectivity index (χ4n) is 1.20. The van der Waals surface area contributed by atoms with Crippen molar-refractivity contribution in [3.8, 4) is 0 Å². The van der Waals surface area contributed by atoms with Crippen LogP contribution in [0.4, 0.5) is 0 Å². The van der Waals surface area contributed by atoms with Crippen LogP contribution in [0.1, 0.15) is 20.3 Å². The molecule has 1 N–H and O–H groups in total. The lowest BCUT2D eigenvalue weighted by atomic mass is 10.2. The first kappa shape index (κ1) is 13.0. The van der Waals surface area contributed by atoms with Crippen molar-refractivity contribution in [1.29, 1.82) is 0 Å². The number of pyridine rings is 1. The summed E-state index contributed by atoms with van der Waals surface area (Å²) in [6.07, 6.45) is 2.48. The van der Waals surface area contributed by atoms with Gasteiger partial charge in [-0.3, -0.25) is 9.59 Å². The molecular weight excluding hydrogens is 272 g/mol. The Hall–Kier alpha value is -1.10. The molecule has 0 saturated heterocycles. The minimum absolute atomic E-state index is 0.0581. The molecule has 88 valence electrons. The summed E-state index contributed by atoms with van der Waals surface area (Å²) in [7, 11) is 0. The molecule has 0 aromatic carbocycles. The second-order valence-corrected chi connectivity index (χ2v) is 4.61. The van der Waals surface area contributed by atoms with Crippen LogP contribution in [0.2, 0.25) is 0 Å². The molecule has 1 heterocycles. The van der Waals surface area contributed by atoms with Gasteiger partial charge in [0.2, 0.25) is 5.91 Å². The van der Waals surface area contributed by atoms with Crippen LogP contribution in [0.25, 0.3) is 0 Å². The molecule has 1 aromatic rings. The maximum atomic E-state index is 11.6. The molecule has 5 heteroatoms. The zero-order chi connectivity index (χ0) is 12.1. The van der Waals surface area contributed by atoms with Gasteiger partial charge in [0.05, 0.1) is 0 Å². The van der Waals surface area contributed by atoms with Gasteiger partial charge in [-0.1, -0.05) is 6.92 Å². The van der Waals surface area contributed by atoms with Gasteiger partial charge in [-0.25, -0.2) is 0 Å². The molecule has 0 radical (unpaired) electrons. The number of halogens is 1. The number of carbonyl (C=O) groups is 1. The molecule has 0 aliphatic rings. The van der Waals surface area contributed by atoms with Crippen molar-refractivity contribution in [2.24, 2.45) is 0 Å². The predicted octanol–water partition coefficient (Wildman–Crippen LogP) is 1.53. The number of carbonyl (C=O) groups excluding carboxylic acids is 1. The number of nitrogens with one attached hydrogen (secondary N) is 1. The smallest absolute Gasteiger partial charge is 0.251 e. The van der Waals surface area contributed by atoms with Gasteiger partial charge >= 0.3 is 0 Å². The van der Waals surface area contributed by atoms with Crippen molar-refractivity contribution in [1.82, 2.24) is 9.88 Å². The highest BCUT2D eigenvalue weighted by atomic mass is 79.9. The van der Waals surface area contributed by atoms with E-state index in [-0.39, 0.29) is 24.1 Å². The normalized spacial score (nSPS) is 12.2. The summed E-state index contributed by atoms with van der Waals surface area (Å²) >= 11 is 3.26. The lowest BCUT2D eigenvalue weighted by molar-refractivity contribution is -0.122. The molecule has 0 fully saturated rings. The molecule has 0 saturated carbocycles. The van der Waals surface area contributed by atoms with Crippen molar-refractivity contribution in [2.75, 3.05) is 0 Å². The summed E-state index contributed by atoms with van der Waals surface area (Å²) < 4.78 is 2.16. The Bertz CT molecular complexity index is 428. The molecule has 0 aliphatic carbocycles. The zero-order valence-corrected chi connectivity index (χ0v) is 11.0. The Morgan fingerprint density at radius 2 is 2.25 bits per heavy atom. The lowest BCUT2D eigenvalue weighted by Crippen LogP contribution is -2.36. The summed E-state index contributed by atoms with van der Waals surface area (Å²) in [5.41, 5.74) is -0.178. The molecule has 0 aliphatic heterocycles. The summed E-state index contributed by atoms with van der Waals surface area (Å²) in [6.45, 7) is 3.99. The number of hydrogen-bond donors (Lipinski definition) is 1. The third-order valence-corrected chi connectivity index (χ3v) is 2.75. The lowest BCUT2D eigenvalue weighted by Gasteiger charge is -2.12. The van der Waals surface area contributed by atoms with Crippen LogP contribution < -0.4 is 10.9 Å². The highest BCUT2D eigenvalue weighted by Crippen LogP contribution is 2.04. The number of aromatic nitrogens is 1. The fraction of sp³-hybridized carbons (Fsp3) is 0.455. The van der Waals surface area contributed by atoms with E-state index in [1.165, 1.54) is 10.6 Å². The van der Waals surface area contributed by atoms with Gasteiger partial charge < -0.3 is 9.88 Å². The van der Waals surface area contributed by atoms with Gasteiger partial charge in [0.1, 0.15) is 6.54 Å².